The lowest BCUT2D eigenvalue weighted by Gasteiger charge is -2.37. The van der Waals surface area contributed by atoms with E-state index in [1.165, 1.54) is 51.7 Å². The zero-order chi connectivity index (χ0) is 12.5. The van der Waals surface area contributed by atoms with Crippen LogP contribution in [0.15, 0.2) is 0 Å². The van der Waals surface area contributed by atoms with Gasteiger partial charge in [-0.3, -0.25) is 0 Å². The number of rotatable bonds is 5. The number of piperidine rings is 1. The molecule has 17 heavy (non-hydrogen) atoms. The second-order valence-corrected chi connectivity index (χ2v) is 7.07. The molecule has 2 nitrogen and oxygen atoms in total. The van der Waals surface area contributed by atoms with Gasteiger partial charge in [0.05, 0.1) is 0 Å². The van der Waals surface area contributed by atoms with Crippen LogP contribution in [0.2, 0.25) is 0 Å². The van der Waals surface area contributed by atoms with E-state index in [2.05, 4.69) is 37.7 Å². The fourth-order valence-electron chi connectivity index (χ4n) is 3.54. The van der Waals surface area contributed by atoms with Crippen LogP contribution < -0.4 is 0 Å². The number of hydrogen-bond donors (Lipinski definition) is 0. The van der Waals surface area contributed by atoms with Crippen molar-refractivity contribution < 1.29 is 0 Å². The van der Waals surface area contributed by atoms with Crippen molar-refractivity contribution in [3.8, 4) is 0 Å². The molecule has 1 aliphatic heterocycles. The highest BCUT2D eigenvalue weighted by Crippen LogP contribution is 2.51. The van der Waals surface area contributed by atoms with E-state index in [0.29, 0.717) is 0 Å². The van der Waals surface area contributed by atoms with Gasteiger partial charge >= 0.3 is 0 Å². The smallest absolute Gasteiger partial charge is 0.0113 e. The van der Waals surface area contributed by atoms with E-state index in [0.717, 1.165) is 17.4 Å². The minimum atomic E-state index is 0.721. The van der Waals surface area contributed by atoms with E-state index in [1.807, 2.05) is 0 Å². The topological polar surface area (TPSA) is 6.48 Å². The lowest BCUT2D eigenvalue weighted by molar-refractivity contribution is 0.119. The minimum absolute atomic E-state index is 0.721. The van der Waals surface area contributed by atoms with Crippen molar-refractivity contribution >= 4 is 0 Å². The quantitative estimate of drug-likeness (QED) is 0.727. The predicted molar refractivity (Wildman–Crippen MR) is 74.3 cm³/mol. The molecule has 0 spiro atoms. The van der Waals surface area contributed by atoms with Gasteiger partial charge < -0.3 is 9.80 Å². The van der Waals surface area contributed by atoms with Gasteiger partial charge in [0, 0.05) is 12.6 Å². The van der Waals surface area contributed by atoms with Crippen LogP contribution >= 0.6 is 0 Å². The van der Waals surface area contributed by atoms with Crippen LogP contribution in [0, 0.1) is 11.3 Å². The van der Waals surface area contributed by atoms with Crippen molar-refractivity contribution in [2.75, 3.05) is 33.7 Å². The van der Waals surface area contributed by atoms with Gasteiger partial charge in [0.15, 0.2) is 0 Å². The SMILES string of the molecule is CC(C)CC1(CN2CCC(N(C)C)CC2)CC1. The summed E-state index contributed by atoms with van der Waals surface area (Å²) in [6.07, 6.45) is 7.15. The monoisotopic (exact) mass is 238 g/mol. The summed E-state index contributed by atoms with van der Waals surface area (Å²) in [5.41, 5.74) is 0.721. The number of likely N-dealkylation sites (tertiary alicyclic amines) is 1. The molecule has 0 bridgehead atoms. The summed E-state index contributed by atoms with van der Waals surface area (Å²) in [4.78, 5) is 5.13. The van der Waals surface area contributed by atoms with Gasteiger partial charge in [0.25, 0.3) is 0 Å². The Hall–Kier alpha value is -0.0800. The maximum absolute atomic E-state index is 2.73. The molecule has 1 heterocycles. The molecule has 1 saturated heterocycles. The molecule has 0 N–H and O–H groups in total. The highest BCUT2D eigenvalue weighted by Gasteiger charge is 2.44. The Kier molecular flexibility index (Phi) is 4.14. The van der Waals surface area contributed by atoms with E-state index in [9.17, 15) is 0 Å². The van der Waals surface area contributed by atoms with Crippen LogP contribution in [0.1, 0.15) is 46.0 Å². The zero-order valence-electron chi connectivity index (χ0n) is 12.2. The standard InChI is InChI=1S/C15H30N2/c1-13(2)11-15(7-8-15)12-17-9-5-14(6-10-17)16(3)4/h13-14H,5-12H2,1-4H3. The first-order valence-electron chi connectivity index (χ1n) is 7.39. The predicted octanol–water partition coefficient (Wildman–Crippen LogP) is 2.84. The largest absolute Gasteiger partial charge is 0.306 e. The molecule has 0 aromatic carbocycles. The van der Waals surface area contributed by atoms with Crippen LogP contribution in [0.3, 0.4) is 0 Å². The van der Waals surface area contributed by atoms with Gasteiger partial charge in [-0.05, 0) is 70.6 Å². The van der Waals surface area contributed by atoms with Gasteiger partial charge in [-0.1, -0.05) is 13.8 Å². The molecule has 2 aliphatic rings. The van der Waals surface area contributed by atoms with E-state index in [4.69, 9.17) is 0 Å². The van der Waals surface area contributed by atoms with E-state index >= 15 is 0 Å². The van der Waals surface area contributed by atoms with Crippen LogP contribution in [0.5, 0.6) is 0 Å². The van der Waals surface area contributed by atoms with Crippen LogP contribution in [-0.4, -0.2) is 49.6 Å². The molecule has 100 valence electrons. The fraction of sp³-hybridized carbons (Fsp3) is 1.00. The van der Waals surface area contributed by atoms with Gasteiger partial charge in [-0.25, -0.2) is 0 Å². The first kappa shape index (κ1) is 13.4. The number of nitrogens with zero attached hydrogens (tertiary/aromatic N) is 2. The Bertz CT molecular complexity index is 235. The zero-order valence-corrected chi connectivity index (χ0v) is 12.2. The maximum Gasteiger partial charge on any atom is 0.0113 e. The highest BCUT2D eigenvalue weighted by atomic mass is 15.2. The minimum Gasteiger partial charge on any atom is -0.306 e. The second-order valence-electron chi connectivity index (χ2n) is 7.07. The van der Waals surface area contributed by atoms with Gasteiger partial charge in [0.1, 0.15) is 0 Å². The normalized spacial score (nSPS) is 25.8. The average Bonchev–Trinajstić information content (AvgIpc) is 2.97. The molecule has 0 amide bonds. The molecule has 0 radical (unpaired) electrons. The average molecular weight is 238 g/mol. The Morgan fingerprint density at radius 1 is 1.18 bits per heavy atom. The Morgan fingerprint density at radius 2 is 1.76 bits per heavy atom. The number of hydrogen-bond acceptors (Lipinski definition) is 2. The summed E-state index contributed by atoms with van der Waals surface area (Å²) in [6, 6.07) is 0.825. The lowest BCUT2D eigenvalue weighted by Crippen LogP contribution is -2.44. The Morgan fingerprint density at radius 3 is 2.18 bits per heavy atom. The first-order valence-corrected chi connectivity index (χ1v) is 7.39. The third-order valence-electron chi connectivity index (χ3n) is 4.64. The van der Waals surface area contributed by atoms with Crippen LogP contribution in [0.4, 0.5) is 0 Å². The maximum atomic E-state index is 2.73. The highest BCUT2D eigenvalue weighted by molar-refractivity contribution is 4.96. The molecule has 1 saturated carbocycles. The van der Waals surface area contributed by atoms with Crippen LogP contribution in [0.25, 0.3) is 0 Å². The summed E-state index contributed by atoms with van der Waals surface area (Å²) in [6.45, 7) is 8.77. The lowest BCUT2D eigenvalue weighted by atomic mass is 9.92. The molecule has 0 aromatic heterocycles. The van der Waals surface area contributed by atoms with Gasteiger partial charge in [-0.15, -0.1) is 0 Å². The van der Waals surface area contributed by atoms with Crippen molar-refractivity contribution in [1.29, 1.82) is 0 Å². The molecular weight excluding hydrogens is 208 g/mol. The summed E-state index contributed by atoms with van der Waals surface area (Å²) < 4.78 is 0. The van der Waals surface area contributed by atoms with E-state index in [1.54, 1.807) is 0 Å². The van der Waals surface area contributed by atoms with Crippen molar-refractivity contribution in [1.82, 2.24) is 9.80 Å². The van der Waals surface area contributed by atoms with Crippen molar-refractivity contribution in [2.45, 2.75) is 52.0 Å². The van der Waals surface area contributed by atoms with Crippen molar-refractivity contribution in [3.05, 3.63) is 0 Å². The van der Waals surface area contributed by atoms with Crippen LogP contribution in [-0.2, 0) is 0 Å². The molecule has 2 fully saturated rings. The summed E-state index contributed by atoms with van der Waals surface area (Å²) in [7, 11) is 4.45. The van der Waals surface area contributed by atoms with E-state index in [-0.39, 0.29) is 0 Å². The molecule has 1 aliphatic carbocycles. The molecule has 0 atom stereocenters. The fourth-order valence-corrected chi connectivity index (χ4v) is 3.54. The summed E-state index contributed by atoms with van der Waals surface area (Å²) in [5.74, 6) is 0.872. The van der Waals surface area contributed by atoms with E-state index < -0.39 is 0 Å². The molecule has 0 aromatic rings. The Labute approximate surface area is 107 Å². The third kappa shape index (κ3) is 3.69. The summed E-state index contributed by atoms with van der Waals surface area (Å²) in [5, 5.41) is 0. The second kappa shape index (κ2) is 5.27. The Balaban J connectivity index is 1.75. The van der Waals surface area contributed by atoms with Gasteiger partial charge in [-0.2, -0.15) is 0 Å². The van der Waals surface area contributed by atoms with Crippen molar-refractivity contribution in [3.63, 3.8) is 0 Å². The van der Waals surface area contributed by atoms with Crippen molar-refractivity contribution in [2.24, 2.45) is 11.3 Å². The van der Waals surface area contributed by atoms with Gasteiger partial charge in [0.2, 0.25) is 0 Å². The summed E-state index contributed by atoms with van der Waals surface area (Å²) >= 11 is 0. The first-order chi connectivity index (χ1) is 8.01. The molecular formula is C15H30N2. The third-order valence-corrected chi connectivity index (χ3v) is 4.64. The molecule has 2 rings (SSSR count). The molecule has 0 unspecified atom stereocenters. The molecule has 2 heteroatoms.